The molecule has 90 valence electrons. The number of phenols is 1. The molecule has 0 aliphatic heterocycles. The standard InChI is InChI=1S/C10H15O5P/c1-6(2)8-5-10(15-16(12,13)14)7(3)4-9(8)11/h4-6,11H,1-3H3,(H2,12,13,14). The topological polar surface area (TPSA) is 87.0 Å². The van der Waals surface area contributed by atoms with Gasteiger partial charge in [0.25, 0.3) is 0 Å². The van der Waals surface area contributed by atoms with Gasteiger partial charge in [-0.25, -0.2) is 4.57 Å². The number of phenolic OH excluding ortho intramolecular Hbond substituents is 1. The van der Waals surface area contributed by atoms with Crippen LogP contribution < -0.4 is 4.52 Å². The second kappa shape index (κ2) is 4.45. The third-order valence-corrected chi connectivity index (χ3v) is 2.60. The summed E-state index contributed by atoms with van der Waals surface area (Å²) < 4.78 is 15.3. The lowest BCUT2D eigenvalue weighted by Gasteiger charge is -2.14. The van der Waals surface area contributed by atoms with Crippen molar-refractivity contribution < 1.29 is 24.0 Å². The lowest BCUT2D eigenvalue weighted by atomic mass is 10.00. The fraction of sp³-hybridized carbons (Fsp3) is 0.400. The van der Waals surface area contributed by atoms with Gasteiger partial charge in [-0.05, 0) is 30.5 Å². The summed E-state index contributed by atoms with van der Waals surface area (Å²) in [4.78, 5) is 17.4. The highest BCUT2D eigenvalue weighted by atomic mass is 31.2. The molecule has 0 aliphatic carbocycles. The van der Waals surface area contributed by atoms with E-state index in [-0.39, 0.29) is 17.4 Å². The monoisotopic (exact) mass is 246 g/mol. The third kappa shape index (κ3) is 3.23. The largest absolute Gasteiger partial charge is 0.524 e. The van der Waals surface area contributed by atoms with E-state index in [9.17, 15) is 9.67 Å². The van der Waals surface area contributed by atoms with Gasteiger partial charge in [0.05, 0.1) is 0 Å². The lowest BCUT2D eigenvalue weighted by Crippen LogP contribution is -1.96. The van der Waals surface area contributed by atoms with E-state index in [1.807, 2.05) is 13.8 Å². The van der Waals surface area contributed by atoms with Crippen molar-refractivity contribution in [2.24, 2.45) is 0 Å². The molecule has 0 bridgehead atoms. The molecule has 0 saturated carbocycles. The quantitative estimate of drug-likeness (QED) is 0.712. The molecule has 1 aromatic rings. The highest BCUT2D eigenvalue weighted by Crippen LogP contribution is 2.41. The first-order valence-corrected chi connectivity index (χ1v) is 6.32. The Morgan fingerprint density at radius 2 is 1.88 bits per heavy atom. The Morgan fingerprint density at radius 3 is 2.31 bits per heavy atom. The fourth-order valence-corrected chi connectivity index (χ4v) is 1.83. The van der Waals surface area contributed by atoms with Crippen LogP contribution in [0.3, 0.4) is 0 Å². The zero-order valence-corrected chi connectivity index (χ0v) is 10.2. The summed E-state index contributed by atoms with van der Waals surface area (Å²) in [6.07, 6.45) is 0. The van der Waals surface area contributed by atoms with Crippen molar-refractivity contribution in [3.8, 4) is 11.5 Å². The first-order chi connectivity index (χ1) is 7.20. The number of phosphoric ester groups is 1. The molecule has 1 rings (SSSR count). The summed E-state index contributed by atoms with van der Waals surface area (Å²) in [7, 11) is -4.56. The summed E-state index contributed by atoms with van der Waals surface area (Å²) in [5.41, 5.74) is 1.07. The summed E-state index contributed by atoms with van der Waals surface area (Å²) in [5.74, 6) is 0.236. The number of benzene rings is 1. The molecule has 0 aromatic heterocycles. The molecule has 3 N–H and O–H groups in total. The molecule has 0 unspecified atom stereocenters. The predicted octanol–water partition coefficient (Wildman–Crippen LogP) is 2.30. The maximum absolute atomic E-state index is 10.7. The summed E-state index contributed by atoms with van der Waals surface area (Å²) in [6, 6.07) is 2.88. The van der Waals surface area contributed by atoms with Gasteiger partial charge in [-0.2, -0.15) is 0 Å². The Balaban J connectivity index is 3.20. The first kappa shape index (κ1) is 13.0. The van der Waals surface area contributed by atoms with Gasteiger partial charge >= 0.3 is 7.82 Å². The Bertz CT molecular complexity index is 435. The summed E-state index contributed by atoms with van der Waals surface area (Å²) in [5, 5.41) is 9.63. The van der Waals surface area contributed by atoms with Gasteiger partial charge < -0.3 is 9.63 Å². The normalized spacial score (nSPS) is 11.9. The van der Waals surface area contributed by atoms with Gasteiger partial charge in [0.1, 0.15) is 11.5 Å². The second-order valence-corrected chi connectivity index (χ2v) is 5.08. The second-order valence-electron chi connectivity index (χ2n) is 3.91. The molecule has 16 heavy (non-hydrogen) atoms. The van der Waals surface area contributed by atoms with Crippen molar-refractivity contribution in [1.82, 2.24) is 0 Å². The molecule has 0 aliphatic rings. The number of aryl methyl sites for hydroxylation is 1. The van der Waals surface area contributed by atoms with E-state index < -0.39 is 7.82 Å². The SMILES string of the molecule is Cc1cc(O)c(C(C)C)cc1OP(=O)(O)O. The van der Waals surface area contributed by atoms with Crippen LogP contribution in [0.25, 0.3) is 0 Å². The van der Waals surface area contributed by atoms with E-state index >= 15 is 0 Å². The average molecular weight is 246 g/mol. The molecule has 0 amide bonds. The summed E-state index contributed by atoms with van der Waals surface area (Å²) in [6.45, 7) is 5.34. The van der Waals surface area contributed by atoms with Crippen LogP contribution in [0.15, 0.2) is 12.1 Å². The zero-order chi connectivity index (χ0) is 12.5. The molecular formula is C10H15O5P. The van der Waals surface area contributed by atoms with Crippen molar-refractivity contribution in [3.63, 3.8) is 0 Å². The van der Waals surface area contributed by atoms with Crippen LogP contribution >= 0.6 is 7.82 Å². The molecule has 5 nitrogen and oxygen atoms in total. The summed E-state index contributed by atoms with van der Waals surface area (Å²) >= 11 is 0. The number of phosphoric acid groups is 1. The Labute approximate surface area is 93.9 Å². The molecule has 0 atom stereocenters. The van der Waals surface area contributed by atoms with E-state index in [0.717, 1.165) is 0 Å². The molecular weight excluding hydrogens is 231 g/mol. The average Bonchev–Trinajstić information content (AvgIpc) is 2.07. The maximum Gasteiger partial charge on any atom is 0.524 e. The van der Waals surface area contributed by atoms with E-state index in [4.69, 9.17) is 9.79 Å². The number of aromatic hydroxyl groups is 1. The van der Waals surface area contributed by atoms with Crippen LogP contribution in [-0.4, -0.2) is 14.9 Å². The highest BCUT2D eigenvalue weighted by molar-refractivity contribution is 7.46. The Kier molecular flexibility index (Phi) is 3.63. The number of hydrogen-bond donors (Lipinski definition) is 3. The minimum Gasteiger partial charge on any atom is -0.508 e. The van der Waals surface area contributed by atoms with Crippen LogP contribution in [0.1, 0.15) is 30.9 Å². The van der Waals surface area contributed by atoms with Crippen molar-refractivity contribution in [2.75, 3.05) is 0 Å². The third-order valence-electron chi connectivity index (χ3n) is 2.16. The Hall–Kier alpha value is -1.03. The Morgan fingerprint density at radius 1 is 1.31 bits per heavy atom. The van der Waals surface area contributed by atoms with Crippen LogP contribution in [0.5, 0.6) is 11.5 Å². The smallest absolute Gasteiger partial charge is 0.508 e. The molecule has 0 fully saturated rings. The van der Waals surface area contributed by atoms with Crippen LogP contribution in [-0.2, 0) is 4.57 Å². The maximum atomic E-state index is 10.7. The van der Waals surface area contributed by atoms with Crippen LogP contribution in [0.2, 0.25) is 0 Å². The van der Waals surface area contributed by atoms with Gasteiger partial charge in [-0.15, -0.1) is 0 Å². The number of hydrogen-bond acceptors (Lipinski definition) is 3. The van der Waals surface area contributed by atoms with Crippen molar-refractivity contribution >= 4 is 7.82 Å². The van der Waals surface area contributed by atoms with Crippen molar-refractivity contribution in [1.29, 1.82) is 0 Å². The van der Waals surface area contributed by atoms with E-state index in [1.165, 1.54) is 12.1 Å². The molecule has 6 heteroatoms. The molecule has 0 heterocycles. The van der Waals surface area contributed by atoms with E-state index in [1.54, 1.807) is 6.92 Å². The fourth-order valence-electron chi connectivity index (χ4n) is 1.38. The van der Waals surface area contributed by atoms with E-state index in [2.05, 4.69) is 4.52 Å². The molecule has 0 radical (unpaired) electrons. The lowest BCUT2D eigenvalue weighted by molar-refractivity contribution is 0.282. The predicted molar refractivity (Wildman–Crippen MR) is 59.6 cm³/mol. The minimum atomic E-state index is -4.56. The zero-order valence-electron chi connectivity index (χ0n) is 9.34. The molecule has 1 aromatic carbocycles. The molecule has 0 saturated heterocycles. The minimum absolute atomic E-state index is 0.0414. The number of rotatable bonds is 3. The van der Waals surface area contributed by atoms with Gasteiger partial charge in [-0.3, -0.25) is 9.79 Å². The first-order valence-electron chi connectivity index (χ1n) is 4.79. The highest BCUT2D eigenvalue weighted by Gasteiger charge is 2.19. The van der Waals surface area contributed by atoms with Crippen LogP contribution in [0.4, 0.5) is 0 Å². The van der Waals surface area contributed by atoms with Gasteiger partial charge in [0, 0.05) is 5.56 Å². The van der Waals surface area contributed by atoms with Gasteiger partial charge in [0.15, 0.2) is 0 Å². The van der Waals surface area contributed by atoms with E-state index in [0.29, 0.717) is 11.1 Å². The van der Waals surface area contributed by atoms with Gasteiger partial charge in [0.2, 0.25) is 0 Å². The van der Waals surface area contributed by atoms with Crippen LogP contribution in [0, 0.1) is 6.92 Å². The molecule has 0 spiro atoms. The van der Waals surface area contributed by atoms with Crippen molar-refractivity contribution in [3.05, 3.63) is 23.3 Å². The van der Waals surface area contributed by atoms with Crippen molar-refractivity contribution in [2.45, 2.75) is 26.7 Å². The van der Waals surface area contributed by atoms with Gasteiger partial charge in [-0.1, -0.05) is 13.8 Å².